The standard InChI is InChI=1S/C78H120N10O18/c1-72(2,3)101-66(93)81-37-22-19-25-58(86-69(96)104-75(10,11)12)61(89)46-49-28-31-52-55(45-49)78(35-34-62(90)80-40-42-100-44-43-99-41-36-79)56-47-50(84-64(91)59(87-70(97)105-76(13,14)15)26-20-23-38-82-67(94)102-73(4,5)6)29-32-53(56)63(52)54-33-30-51(48-57(54)78)85-65(92)60(88-71(98)106-77(16,17)18)27-21-24-39-83-68(95)103-74(7,8)9/h28-33,45,47-48,58-60,63H,19-27,34-44,46,79H2,1-18H3,(H,80,90)(H,81,93)(H,82,94)(H,83,95)(H,84,91)(H,85,92)(H,86,96)(H,87,97)(H,88,98)/t58-,59-,60-,63?,78?/m1/s1. The van der Waals surface area contributed by atoms with E-state index in [9.17, 15) is 47.9 Å². The summed E-state index contributed by atoms with van der Waals surface area (Å²) in [5.74, 6) is -2.34. The number of ether oxygens (including phenoxy) is 8. The van der Waals surface area contributed by atoms with E-state index in [1.54, 1.807) is 137 Å². The smallest absolute Gasteiger partial charge is 0.408 e. The molecule has 6 rings (SSSR count). The number of amides is 9. The zero-order valence-electron chi connectivity index (χ0n) is 65.8. The van der Waals surface area contributed by atoms with Gasteiger partial charge in [-0.2, -0.15) is 0 Å². The first-order valence-corrected chi connectivity index (χ1v) is 36.9. The van der Waals surface area contributed by atoms with E-state index < -0.39 is 111 Å². The van der Waals surface area contributed by atoms with Crippen LogP contribution in [-0.4, -0.2) is 171 Å². The van der Waals surface area contributed by atoms with E-state index in [1.165, 1.54) is 0 Å². The Morgan fingerprint density at radius 3 is 1.14 bits per heavy atom. The lowest BCUT2D eigenvalue weighted by molar-refractivity contribution is -0.122. The summed E-state index contributed by atoms with van der Waals surface area (Å²) in [5, 5.41) is 25.7. The van der Waals surface area contributed by atoms with Crippen LogP contribution in [0.1, 0.15) is 240 Å². The normalized spacial score (nSPS) is 15.4. The number of hydrogen-bond acceptors (Lipinski definition) is 19. The minimum absolute atomic E-state index is 0.0685. The Morgan fingerprint density at radius 1 is 0.406 bits per heavy atom. The summed E-state index contributed by atoms with van der Waals surface area (Å²) < 4.78 is 44.4. The Balaban J connectivity index is 1.68. The second-order valence-electron chi connectivity index (χ2n) is 32.7. The predicted molar refractivity (Wildman–Crippen MR) is 403 cm³/mol. The molecule has 590 valence electrons. The maximum atomic E-state index is 15.0. The van der Waals surface area contributed by atoms with Gasteiger partial charge in [-0.05, 0) is 252 Å². The molecule has 9 amide bonds. The van der Waals surface area contributed by atoms with Crippen LogP contribution in [0.3, 0.4) is 0 Å². The SMILES string of the molecule is CC(C)(C)OC(=O)NCCCC[C@@H](NC(=O)OC(C)(C)C)C(=O)Cc1ccc2c(c1)C1(CCC(=O)NCCOCCOCCN)c3cc(NC(=O)[C@@H](CCCCNC(=O)OC(C)(C)C)NC(=O)OC(C)(C)C)ccc3C2c2ccc(NC(=O)[C@@H](CCCCNC(=O)OC(C)(C)C)NC(=O)OC(C)(C)C)cc21. The van der Waals surface area contributed by atoms with Crippen molar-refractivity contribution in [1.82, 2.24) is 37.2 Å². The molecule has 0 heterocycles. The lowest BCUT2D eigenvalue weighted by atomic mass is 9.51. The van der Waals surface area contributed by atoms with E-state index in [0.717, 1.165) is 16.7 Å². The van der Waals surface area contributed by atoms with Gasteiger partial charge in [-0.3, -0.25) is 19.2 Å². The Bertz CT molecular complexity index is 3170. The molecular weight excluding hydrogens is 1360 g/mol. The first kappa shape index (κ1) is 87.9. The number of ketones is 1. The summed E-state index contributed by atoms with van der Waals surface area (Å²) in [4.78, 5) is 137. The number of nitrogens with one attached hydrogen (secondary N) is 9. The fourth-order valence-corrected chi connectivity index (χ4v) is 12.2. The number of nitrogens with two attached hydrogens (primary N) is 1. The molecule has 28 nitrogen and oxygen atoms in total. The number of hydrogen-bond donors (Lipinski definition) is 10. The van der Waals surface area contributed by atoms with Crippen molar-refractivity contribution >= 4 is 71.4 Å². The molecule has 0 saturated carbocycles. The number of carbonyl (C=O) groups is 10. The quantitative estimate of drug-likeness (QED) is 0.0191. The van der Waals surface area contributed by atoms with Crippen molar-refractivity contribution in [3.05, 3.63) is 93.5 Å². The fourth-order valence-electron chi connectivity index (χ4n) is 12.2. The van der Waals surface area contributed by atoms with Crippen molar-refractivity contribution in [1.29, 1.82) is 0 Å². The van der Waals surface area contributed by atoms with Crippen LogP contribution < -0.4 is 53.6 Å². The summed E-state index contributed by atoms with van der Waals surface area (Å²) in [5.41, 5.74) is 5.16. The van der Waals surface area contributed by atoms with E-state index in [-0.39, 0.29) is 89.6 Å². The van der Waals surface area contributed by atoms with Gasteiger partial charge in [0.15, 0.2) is 5.78 Å². The molecule has 3 aliphatic carbocycles. The molecule has 0 aliphatic heterocycles. The zero-order chi connectivity index (χ0) is 79.0. The van der Waals surface area contributed by atoms with Crippen molar-refractivity contribution in [2.24, 2.45) is 5.73 Å². The first-order valence-electron chi connectivity index (χ1n) is 36.9. The van der Waals surface area contributed by atoms with Crippen molar-refractivity contribution in [2.45, 2.75) is 265 Å². The van der Waals surface area contributed by atoms with Crippen LogP contribution in [-0.2, 0) is 68.9 Å². The van der Waals surface area contributed by atoms with Crippen LogP contribution in [0.15, 0.2) is 54.6 Å². The number of alkyl carbamates (subject to hydrolysis) is 6. The molecule has 0 saturated heterocycles. The Morgan fingerprint density at radius 2 is 0.755 bits per heavy atom. The molecule has 0 spiro atoms. The van der Waals surface area contributed by atoms with Crippen molar-refractivity contribution in [3.63, 3.8) is 0 Å². The molecule has 3 atom stereocenters. The third-order valence-corrected chi connectivity index (χ3v) is 16.2. The van der Waals surface area contributed by atoms with Crippen LogP contribution in [0.5, 0.6) is 0 Å². The highest BCUT2D eigenvalue weighted by molar-refractivity contribution is 5.98. The number of rotatable bonds is 36. The average molecular weight is 1490 g/mol. The van der Waals surface area contributed by atoms with Gasteiger partial charge >= 0.3 is 36.6 Å². The Hall–Kier alpha value is -8.76. The molecule has 0 unspecified atom stereocenters. The summed E-state index contributed by atoms with van der Waals surface area (Å²) in [6.45, 7) is 33.5. The maximum Gasteiger partial charge on any atom is 0.408 e. The fraction of sp³-hybridized carbons (Fsp3) is 0.641. The molecule has 106 heavy (non-hydrogen) atoms. The summed E-state index contributed by atoms with van der Waals surface area (Å²) >= 11 is 0. The van der Waals surface area contributed by atoms with E-state index in [1.807, 2.05) is 42.5 Å². The highest BCUT2D eigenvalue weighted by Crippen LogP contribution is 2.62. The summed E-state index contributed by atoms with van der Waals surface area (Å²) in [6, 6.07) is 13.5. The van der Waals surface area contributed by atoms with Gasteiger partial charge in [0.25, 0.3) is 0 Å². The number of unbranched alkanes of at least 4 members (excludes halogenated alkanes) is 3. The van der Waals surface area contributed by atoms with Gasteiger partial charge in [-0.1, -0.05) is 30.3 Å². The molecular formula is C78H120N10O18. The number of carbonyl (C=O) groups excluding carboxylic acids is 10. The zero-order valence-corrected chi connectivity index (χ0v) is 65.8. The van der Waals surface area contributed by atoms with E-state index in [2.05, 4.69) is 47.9 Å². The van der Waals surface area contributed by atoms with Crippen LogP contribution in [0, 0.1) is 0 Å². The molecule has 3 aromatic rings. The number of anilines is 2. The number of Topliss-reactive ketones (excluding diaryl/α,β-unsaturated/α-hetero) is 1. The monoisotopic (exact) mass is 1480 g/mol. The Labute approximate surface area is 625 Å². The first-order chi connectivity index (χ1) is 49.3. The largest absolute Gasteiger partial charge is 0.444 e. The topological polar surface area (TPSA) is 379 Å². The molecule has 2 bridgehead atoms. The van der Waals surface area contributed by atoms with Crippen molar-refractivity contribution in [3.8, 4) is 0 Å². The van der Waals surface area contributed by atoms with Gasteiger partial charge in [0.1, 0.15) is 45.7 Å². The highest BCUT2D eigenvalue weighted by Gasteiger charge is 2.52. The van der Waals surface area contributed by atoms with Gasteiger partial charge in [0, 0.05) is 68.3 Å². The van der Waals surface area contributed by atoms with Crippen LogP contribution >= 0.6 is 0 Å². The second kappa shape index (κ2) is 39.2. The second-order valence-corrected chi connectivity index (χ2v) is 32.7. The molecule has 0 radical (unpaired) electrons. The van der Waals surface area contributed by atoms with Gasteiger partial charge in [-0.25, -0.2) is 28.8 Å². The molecule has 0 aromatic heterocycles. The third kappa shape index (κ3) is 30.6. The van der Waals surface area contributed by atoms with E-state index >= 15 is 0 Å². The van der Waals surface area contributed by atoms with Gasteiger partial charge in [-0.15, -0.1) is 0 Å². The average Bonchev–Trinajstić information content (AvgIpc) is 0.676. The van der Waals surface area contributed by atoms with Crippen LogP contribution in [0.25, 0.3) is 0 Å². The lowest BCUT2D eigenvalue weighted by Crippen LogP contribution is -2.46. The van der Waals surface area contributed by atoms with Crippen molar-refractivity contribution in [2.75, 3.05) is 69.8 Å². The Kier molecular flexibility index (Phi) is 32.5. The summed E-state index contributed by atoms with van der Waals surface area (Å²) in [6.07, 6.45) is -1.51. The molecule has 28 heteroatoms. The third-order valence-electron chi connectivity index (χ3n) is 16.2. The highest BCUT2D eigenvalue weighted by atomic mass is 16.6. The molecule has 0 fully saturated rings. The molecule has 3 aliphatic rings. The van der Waals surface area contributed by atoms with Crippen molar-refractivity contribution < 1.29 is 85.8 Å². The summed E-state index contributed by atoms with van der Waals surface area (Å²) in [7, 11) is 0. The minimum atomic E-state index is -1.33. The number of benzene rings is 3. The maximum absolute atomic E-state index is 15.0. The minimum Gasteiger partial charge on any atom is -0.444 e. The molecule has 3 aromatic carbocycles. The van der Waals surface area contributed by atoms with E-state index in [0.29, 0.717) is 91.9 Å². The van der Waals surface area contributed by atoms with E-state index in [4.69, 9.17) is 43.6 Å². The van der Waals surface area contributed by atoms with Gasteiger partial charge in [0.05, 0.1) is 32.5 Å². The van der Waals surface area contributed by atoms with Crippen LogP contribution in [0.2, 0.25) is 0 Å². The van der Waals surface area contributed by atoms with Gasteiger partial charge in [0.2, 0.25) is 17.7 Å². The van der Waals surface area contributed by atoms with Crippen LogP contribution in [0.4, 0.5) is 40.1 Å². The van der Waals surface area contributed by atoms with Gasteiger partial charge < -0.3 is 91.5 Å². The lowest BCUT2D eigenvalue weighted by Gasteiger charge is -2.51. The predicted octanol–water partition coefficient (Wildman–Crippen LogP) is 11.5. The molecule has 11 N–H and O–H groups in total.